The van der Waals surface area contributed by atoms with Crippen molar-refractivity contribution in [2.24, 2.45) is 5.73 Å². The van der Waals surface area contributed by atoms with Gasteiger partial charge in [-0.15, -0.1) is 0 Å². The number of nitrogens with zero attached hydrogens (tertiary/aromatic N) is 1. The second kappa shape index (κ2) is 6.72. The molecule has 1 aromatic carbocycles. The zero-order valence-corrected chi connectivity index (χ0v) is 11.3. The third-order valence-electron chi connectivity index (χ3n) is 2.89. The molecule has 2 aromatic rings. The highest BCUT2D eigenvalue weighted by atomic mass is 16.5. The minimum absolute atomic E-state index is 0.375. The Kier molecular flexibility index (Phi) is 4.73. The number of rotatable bonds is 6. The second-order valence-electron chi connectivity index (χ2n) is 4.27. The summed E-state index contributed by atoms with van der Waals surface area (Å²) in [5, 5.41) is 3.22. The SMILES string of the molecule is COc1ccc(-c2[nH]c(=O)ncc2NCCCN)cc1. The molecule has 1 aromatic heterocycles. The standard InChI is InChI=1S/C14H18N4O2/c1-20-11-5-3-10(4-6-11)13-12(16-8-2-7-15)9-17-14(19)18-13/h3-6,9,16H,2,7-8,15H2,1H3,(H,17,18,19). The Labute approximate surface area is 117 Å². The maximum Gasteiger partial charge on any atom is 0.345 e. The van der Waals surface area contributed by atoms with E-state index in [-0.39, 0.29) is 5.69 Å². The number of nitrogens with two attached hydrogens (primary N) is 1. The molecule has 0 aliphatic rings. The number of hydrogen-bond acceptors (Lipinski definition) is 5. The number of methoxy groups -OCH3 is 1. The van der Waals surface area contributed by atoms with Crippen molar-refractivity contribution in [3.63, 3.8) is 0 Å². The van der Waals surface area contributed by atoms with Crippen LogP contribution in [0.3, 0.4) is 0 Å². The average molecular weight is 274 g/mol. The molecule has 1 heterocycles. The monoisotopic (exact) mass is 274 g/mol. The van der Waals surface area contributed by atoms with Crippen molar-refractivity contribution < 1.29 is 4.74 Å². The first-order valence-electron chi connectivity index (χ1n) is 6.42. The minimum atomic E-state index is -0.375. The quantitative estimate of drug-likeness (QED) is 0.688. The number of nitrogens with one attached hydrogen (secondary N) is 2. The van der Waals surface area contributed by atoms with Gasteiger partial charge in [0.05, 0.1) is 24.7 Å². The van der Waals surface area contributed by atoms with Gasteiger partial charge in [0.15, 0.2) is 0 Å². The van der Waals surface area contributed by atoms with E-state index in [1.165, 1.54) is 6.20 Å². The van der Waals surface area contributed by atoms with Crippen molar-refractivity contribution in [2.45, 2.75) is 6.42 Å². The fourth-order valence-corrected chi connectivity index (χ4v) is 1.84. The maximum absolute atomic E-state index is 11.4. The molecule has 0 aliphatic heterocycles. The summed E-state index contributed by atoms with van der Waals surface area (Å²) in [4.78, 5) is 17.9. The highest BCUT2D eigenvalue weighted by Crippen LogP contribution is 2.25. The summed E-state index contributed by atoms with van der Waals surface area (Å²) in [7, 11) is 1.61. The van der Waals surface area contributed by atoms with Crippen LogP contribution in [0.5, 0.6) is 5.75 Å². The zero-order chi connectivity index (χ0) is 14.4. The lowest BCUT2D eigenvalue weighted by molar-refractivity contribution is 0.415. The van der Waals surface area contributed by atoms with Crippen molar-refractivity contribution in [3.05, 3.63) is 40.9 Å². The van der Waals surface area contributed by atoms with E-state index in [1.54, 1.807) is 7.11 Å². The van der Waals surface area contributed by atoms with E-state index < -0.39 is 0 Å². The van der Waals surface area contributed by atoms with Gasteiger partial charge < -0.3 is 20.8 Å². The van der Waals surface area contributed by atoms with Gasteiger partial charge in [0.25, 0.3) is 0 Å². The molecule has 0 saturated heterocycles. The lowest BCUT2D eigenvalue weighted by Gasteiger charge is -2.11. The molecule has 0 spiro atoms. The summed E-state index contributed by atoms with van der Waals surface area (Å²) in [5.41, 5.74) is 7.48. The first kappa shape index (κ1) is 14.1. The first-order valence-corrected chi connectivity index (χ1v) is 6.42. The fraction of sp³-hybridized carbons (Fsp3) is 0.286. The highest BCUT2D eigenvalue weighted by Gasteiger charge is 2.07. The van der Waals surface area contributed by atoms with Crippen LogP contribution in [0.15, 0.2) is 35.3 Å². The highest BCUT2D eigenvalue weighted by molar-refractivity contribution is 5.73. The van der Waals surface area contributed by atoms with Gasteiger partial charge in [0.1, 0.15) is 5.75 Å². The molecule has 0 saturated carbocycles. The van der Waals surface area contributed by atoms with E-state index in [4.69, 9.17) is 10.5 Å². The predicted molar refractivity (Wildman–Crippen MR) is 79.0 cm³/mol. The van der Waals surface area contributed by atoms with Crippen LogP contribution < -0.4 is 21.5 Å². The summed E-state index contributed by atoms with van der Waals surface area (Å²) in [6.07, 6.45) is 2.39. The molecule has 0 amide bonds. The molecule has 6 heteroatoms. The Hall–Kier alpha value is -2.34. The fourth-order valence-electron chi connectivity index (χ4n) is 1.84. The number of hydrogen-bond donors (Lipinski definition) is 3. The van der Waals surface area contributed by atoms with Gasteiger partial charge in [0.2, 0.25) is 0 Å². The molecule has 20 heavy (non-hydrogen) atoms. The molecular formula is C14H18N4O2. The van der Waals surface area contributed by atoms with Gasteiger partial charge in [0, 0.05) is 12.1 Å². The van der Waals surface area contributed by atoms with E-state index in [2.05, 4.69) is 15.3 Å². The van der Waals surface area contributed by atoms with Crippen LogP contribution in [-0.4, -0.2) is 30.2 Å². The van der Waals surface area contributed by atoms with Gasteiger partial charge in [-0.25, -0.2) is 4.79 Å². The Balaban J connectivity index is 2.32. The number of benzene rings is 1. The number of aromatic nitrogens is 2. The molecule has 0 radical (unpaired) electrons. The topological polar surface area (TPSA) is 93.0 Å². The molecule has 0 atom stereocenters. The van der Waals surface area contributed by atoms with Crippen LogP contribution in [0.4, 0.5) is 5.69 Å². The van der Waals surface area contributed by atoms with Crippen molar-refractivity contribution in [3.8, 4) is 17.0 Å². The van der Waals surface area contributed by atoms with Gasteiger partial charge in [-0.05, 0) is 37.2 Å². The van der Waals surface area contributed by atoms with Gasteiger partial charge in [-0.2, -0.15) is 4.98 Å². The van der Waals surface area contributed by atoms with Crippen molar-refractivity contribution in [2.75, 3.05) is 25.5 Å². The smallest absolute Gasteiger partial charge is 0.345 e. The van der Waals surface area contributed by atoms with Crippen LogP contribution in [0.2, 0.25) is 0 Å². The van der Waals surface area contributed by atoms with Crippen LogP contribution >= 0.6 is 0 Å². The number of ether oxygens (including phenoxy) is 1. The van der Waals surface area contributed by atoms with E-state index in [1.807, 2.05) is 24.3 Å². The summed E-state index contributed by atoms with van der Waals surface area (Å²) < 4.78 is 5.12. The molecule has 0 aliphatic carbocycles. The lowest BCUT2D eigenvalue weighted by Crippen LogP contribution is -2.15. The Morgan fingerprint density at radius 1 is 1.35 bits per heavy atom. The van der Waals surface area contributed by atoms with Crippen molar-refractivity contribution in [1.29, 1.82) is 0 Å². The van der Waals surface area contributed by atoms with Gasteiger partial charge >= 0.3 is 5.69 Å². The number of H-pyrrole nitrogens is 1. The Morgan fingerprint density at radius 2 is 2.10 bits per heavy atom. The third kappa shape index (κ3) is 3.36. The maximum atomic E-state index is 11.4. The minimum Gasteiger partial charge on any atom is -0.497 e. The molecule has 6 nitrogen and oxygen atoms in total. The van der Waals surface area contributed by atoms with Crippen LogP contribution in [0.25, 0.3) is 11.3 Å². The lowest BCUT2D eigenvalue weighted by atomic mass is 10.1. The first-order chi connectivity index (χ1) is 9.74. The molecule has 2 rings (SSSR count). The molecule has 0 fully saturated rings. The number of anilines is 1. The molecule has 0 bridgehead atoms. The van der Waals surface area contributed by atoms with E-state index in [0.717, 1.165) is 30.0 Å². The predicted octanol–water partition coefficient (Wildman–Crippen LogP) is 1.21. The van der Waals surface area contributed by atoms with Gasteiger partial charge in [-0.1, -0.05) is 0 Å². The average Bonchev–Trinajstić information content (AvgIpc) is 2.49. The second-order valence-corrected chi connectivity index (χ2v) is 4.27. The summed E-state index contributed by atoms with van der Waals surface area (Å²) >= 11 is 0. The van der Waals surface area contributed by atoms with Crippen molar-refractivity contribution >= 4 is 5.69 Å². The van der Waals surface area contributed by atoms with Gasteiger partial charge in [-0.3, -0.25) is 0 Å². The van der Waals surface area contributed by atoms with Crippen LogP contribution in [0, 0.1) is 0 Å². The number of aromatic amines is 1. The summed E-state index contributed by atoms with van der Waals surface area (Å²) in [6.45, 7) is 1.34. The molecule has 106 valence electrons. The summed E-state index contributed by atoms with van der Waals surface area (Å²) in [6, 6.07) is 7.46. The Morgan fingerprint density at radius 3 is 2.75 bits per heavy atom. The largest absolute Gasteiger partial charge is 0.497 e. The molecule has 4 N–H and O–H groups in total. The molecule has 0 unspecified atom stereocenters. The van der Waals surface area contributed by atoms with E-state index >= 15 is 0 Å². The van der Waals surface area contributed by atoms with E-state index in [9.17, 15) is 4.79 Å². The normalized spacial score (nSPS) is 10.3. The zero-order valence-electron chi connectivity index (χ0n) is 11.3. The summed E-state index contributed by atoms with van der Waals surface area (Å²) in [5.74, 6) is 0.766. The van der Waals surface area contributed by atoms with E-state index in [0.29, 0.717) is 12.2 Å². The van der Waals surface area contributed by atoms with Crippen LogP contribution in [-0.2, 0) is 0 Å². The molecular weight excluding hydrogens is 256 g/mol. The van der Waals surface area contributed by atoms with Crippen molar-refractivity contribution in [1.82, 2.24) is 9.97 Å². The van der Waals surface area contributed by atoms with Crippen LogP contribution in [0.1, 0.15) is 6.42 Å². The third-order valence-corrected chi connectivity index (χ3v) is 2.89. The Bertz CT molecular complexity index is 607.